The van der Waals surface area contributed by atoms with Crippen LogP contribution >= 0.6 is 0 Å². The highest BCUT2D eigenvalue weighted by molar-refractivity contribution is 5.00. The molecule has 1 unspecified atom stereocenters. The standard InChI is InChI=1S/C12H18/c1-4-7-8-9-11-12(6-3)10-5-2/h3,12H,4-5,9-11H2,1-2H3. The summed E-state index contributed by atoms with van der Waals surface area (Å²) in [5.41, 5.74) is 0. The highest BCUT2D eigenvalue weighted by Crippen LogP contribution is 2.11. The van der Waals surface area contributed by atoms with E-state index in [1.165, 1.54) is 6.42 Å². The predicted molar refractivity (Wildman–Crippen MR) is 54.5 cm³/mol. The Morgan fingerprint density at radius 3 is 2.42 bits per heavy atom. The molecule has 1 atom stereocenters. The van der Waals surface area contributed by atoms with Crippen molar-refractivity contribution in [1.82, 2.24) is 0 Å². The van der Waals surface area contributed by atoms with Crippen molar-refractivity contribution in [3.63, 3.8) is 0 Å². The van der Waals surface area contributed by atoms with Crippen LogP contribution < -0.4 is 0 Å². The summed E-state index contributed by atoms with van der Waals surface area (Å²) in [6.45, 7) is 4.24. The fourth-order valence-electron chi connectivity index (χ4n) is 1.12. The van der Waals surface area contributed by atoms with Crippen LogP contribution in [0.5, 0.6) is 0 Å². The lowest BCUT2D eigenvalue weighted by Crippen LogP contribution is -1.94. The van der Waals surface area contributed by atoms with Gasteiger partial charge in [0.2, 0.25) is 0 Å². The van der Waals surface area contributed by atoms with E-state index in [1.807, 2.05) is 0 Å². The van der Waals surface area contributed by atoms with Crippen LogP contribution in [0.3, 0.4) is 0 Å². The van der Waals surface area contributed by atoms with Crippen LogP contribution in [-0.4, -0.2) is 0 Å². The molecule has 0 spiro atoms. The minimum atomic E-state index is 0.446. The van der Waals surface area contributed by atoms with Crippen molar-refractivity contribution >= 4 is 0 Å². The van der Waals surface area contributed by atoms with Gasteiger partial charge in [-0.25, -0.2) is 0 Å². The second-order valence-electron chi connectivity index (χ2n) is 2.90. The fourth-order valence-corrected chi connectivity index (χ4v) is 1.12. The molecule has 0 N–H and O–H groups in total. The molecular weight excluding hydrogens is 144 g/mol. The molecule has 0 rings (SSSR count). The number of hydrogen-bond donors (Lipinski definition) is 0. The summed E-state index contributed by atoms with van der Waals surface area (Å²) < 4.78 is 0. The van der Waals surface area contributed by atoms with E-state index >= 15 is 0 Å². The summed E-state index contributed by atoms with van der Waals surface area (Å²) in [5, 5.41) is 0. The highest BCUT2D eigenvalue weighted by Gasteiger charge is 2.00. The maximum Gasteiger partial charge on any atom is 0.0209 e. The molecule has 0 heterocycles. The molecule has 0 aliphatic heterocycles. The third-order valence-electron chi connectivity index (χ3n) is 1.79. The monoisotopic (exact) mass is 162 g/mol. The Kier molecular flexibility index (Phi) is 7.62. The molecule has 0 saturated carbocycles. The fraction of sp³-hybridized carbons (Fsp3) is 0.667. The van der Waals surface area contributed by atoms with Gasteiger partial charge in [0.25, 0.3) is 0 Å². The molecule has 0 nitrogen and oxygen atoms in total. The van der Waals surface area contributed by atoms with Gasteiger partial charge in [-0.05, 0) is 12.8 Å². The lowest BCUT2D eigenvalue weighted by molar-refractivity contribution is 0.563. The Bertz CT molecular complexity index is 184. The molecule has 0 aromatic carbocycles. The van der Waals surface area contributed by atoms with Gasteiger partial charge >= 0.3 is 0 Å². The Morgan fingerprint density at radius 1 is 1.17 bits per heavy atom. The average Bonchev–Trinajstić information content (AvgIpc) is 2.10. The van der Waals surface area contributed by atoms with Crippen molar-refractivity contribution in [3.05, 3.63) is 0 Å². The Morgan fingerprint density at radius 2 is 1.92 bits per heavy atom. The molecule has 12 heavy (non-hydrogen) atoms. The van der Waals surface area contributed by atoms with Crippen molar-refractivity contribution in [2.24, 2.45) is 5.92 Å². The van der Waals surface area contributed by atoms with Gasteiger partial charge in [0.05, 0.1) is 0 Å². The quantitative estimate of drug-likeness (QED) is 0.557. The zero-order valence-electron chi connectivity index (χ0n) is 8.19. The summed E-state index contributed by atoms with van der Waals surface area (Å²) in [5.74, 6) is 9.42. The van der Waals surface area contributed by atoms with Crippen LogP contribution in [0.2, 0.25) is 0 Å². The number of rotatable bonds is 4. The Labute approximate surface area is 76.8 Å². The van der Waals surface area contributed by atoms with Gasteiger partial charge in [0, 0.05) is 18.8 Å². The second-order valence-corrected chi connectivity index (χ2v) is 2.90. The highest BCUT2D eigenvalue weighted by atomic mass is 14.0. The van der Waals surface area contributed by atoms with Crippen LogP contribution in [0.15, 0.2) is 0 Å². The first-order chi connectivity index (χ1) is 5.85. The van der Waals surface area contributed by atoms with Gasteiger partial charge < -0.3 is 0 Å². The van der Waals surface area contributed by atoms with E-state index in [0.717, 1.165) is 25.7 Å². The maximum absolute atomic E-state index is 5.38. The average molecular weight is 162 g/mol. The van der Waals surface area contributed by atoms with E-state index in [-0.39, 0.29) is 0 Å². The first-order valence-electron chi connectivity index (χ1n) is 4.77. The molecule has 0 aliphatic carbocycles. The minimum Gasteiger partial charge on any atom is -0.120 e. The van der Waals surface area contributed by atoms with Gasteiger partial charge in [-0.15, -0.1) is 24.2 Å². The van der Waals surface area contributed by atoms with Gasteiger partial charge in [-0.2, -0.15) is 0 Å². The molecule has 0 amide bonds. The Balaban J connectivity index is 3.52. The largest absolute Gasteiger partial charge is 0.120 e. The van der Waals surface area contributed by atoms with Gasteiger partial charge in [-0.1, -0.05) is 20.3 Å². The first kappa shape index (κ1) is 11.1. The van der Waals surface area contributed by atoms with Crippen LogP contribution in [0.25, 0.3) is 0 Å². The van der Waals surface area contributed by atoms with Gasteiger partial charge in [-0.3, -0.25) is 0 Å². The zero-order chi connectivity index (χ0) is 9.23. The van der Waals surface area contributed by atoms with E-state index in [4.69, 9.17) is 6.42 Å². The Hall–Kier alpha value is -0.880. The molecule has 0 aromatic heterocycles. The summed E-state index contributed by atoms with van der Waals surface area (Å²) in [7, 11) is 0. The second kappa shape index (κ2) is 8.22. The van der Waals surface area contributed by atoms with E-state index < -0.39 is 0 Å². The molecule has 0 bridgehead atoms. The molecule has 0 radical (unpaired) electrons. The van der Waals surface area contributed by atoms with E-state index in [2.05, 4.69) is 31.6 Å². The molecule has 0 heteroatoms. The van der Waals surface area contributed by atoms with Crippen LogP contribution in [0, 0.1) is 30.1 Å². The van der Waals surface area contributed by atoms with Crippen molar-refractivity contribution < 1.29 is 0 Å². The summed E-state index contributed by atoms with van der Waals surface area (Å²) in [6.07, 6.45) is 10.7. The molecule has 66 valence electrons. The molecule has 0 aromatic rings. The third kappa shape index (κ3) is 5.87. The topological polar surface area (TPSA) is 0 Å². The van der Waals surface area contributed by atoms with Crippen molar-refractivity contribution in [2.45, 2.75) is 46.0 Å². The number of terminal acetylenes is 1. The van der Waals surface area contributed by atoms with E-state index in [0.29, 0.717) is 5.92 Å². The lowest BCUT2D eigenvalue weighted by atomic mass is 9.99. The van der Waals surface area contributed by atoms with Crippen LogP contribution in [0.4, 0.5) is 0 Å². The predicted octanol–water partition coefficient (Wildman–Crippen LogP) is 3.23. The smallest absolute Gasteiger partial charge is 0.0209 e. The maximum atomic E-state index is 5.38. The van der Waals surface area contributed by atoms with Crippen molar-refractivity contribution in [2.75, 3.05) is 0 Å². The third-order valence-corrected chi connectivity index (χ3v) is 1.79. The first-order valence-corrected chi connectivity index (χ1v) is 4.77. The SMILES string of the molecule is C#CC(CCC)CCC#CCC. The van der Waals surface area contributed by atoms with E-state index in [9.17, 15) is 0 Å². The zero-order valence-corrected chi connectivity index (χ0v) is 8.19. The summed E-state index contributed by atoms with van der Waals surface area (Å²) in [4.78, 5) is 0. The minimum absolute atomic E-state index is 0.446. The molecule has 0 saturated heterocycles. The van der Waals surface area contributed by atoms with Crippen LogP contribution in [-0.2, 0) is 0 Å². The molecule has 0 fully saturated rings. The number of hydrogen-bond acceptors (Lipinski definition) is 0. The molecule has 0 aliphatic rings. The summed E-state index contributed by atoms with van der Waals surface area (Å²) >= 11 is 0. The lowest BCUT2D eigenvalue weighted by Gasteiger charge is -2.04. The normalized spacial score (nSPS) is 11.1. The van der Waals surface area contributed by atoms with Crippen LogP contribution in [0.1, 0.15) is 46.0 Å². The van der Waals surface area contributed by atoms with Crippen molar-refractivity contribution in [1.29, 1.82) is 0 Å². The van der Waals surface area contributed by atoms with E-state index in [1.54, 1.807) is 0 Å². The van der Waals surface area contributed by atoms with Gasteiger partial charge in [0.1, 0.15) is 0 Å². The van der Waals surface area contributed by atoms with Crippen molar-refractivity contribution in [3.8, 4) is 24.2 Å². The van der Waals surface area contributed by atoms with Gasteiger partial charge in [0.15, 0.2) is 0 Å². The molecular formula is C12H18. The summed E-state index contributed by atoms with van der Waals surface area (Å²) in [6, 6.07) is 0.